The molecule has 0 bridgehead atoms. The number of nitro benzene ring substituents is 1. The van der Waals surface area contributed by atoms with Crippen LogP contribution in [0, 0.1) is 15.9 Å². The van der Waals surface area contributed by atoms with Gasteiger partial charge in [0.2, 0.25) is 10.0 Å². The lowest BCUT2D eigenvalue weighted by Gasteiger charge is -2.16. The van der Waals surface area contributed by atoms with E-state index in [2.05, 4.69) is 0 Å². The normalized spacial score (nSPS) is 11.3. The molecular weight excluding hydrogens is 367 g/mol. The van der Waals surface area contributed by atoms with Gasteiger partial charge in [-0.05, 0) is 30.3 Å². The molecule has 26 heavy (non-hydrogen) atoms. The third kappa shape index (κ3) is 4.61. The summed E-state index contributed by atoms with van der Waals surface area (Å²) in [6.07, 6.45) is 0. The van der Waals surface area contributed by atoms with E-state index in [1.807, 2.05) is 0 Å². The average Bonchev–Trinajstić information content (AvgIpc) is 2.60. The van der Waals surface area contributed by atoms with Gasteiger partial charge >= 0.3 is 5.97 Å². The Morgan fingerprint density at radius 2 is 1.81 bits per heavy atom. The summed E-state index contributed by atoms with van der Waals surface area (Å²) in [6, 6.07) is 9.90. The Kier molecular flexibility index (Phi) is 6.01. The fourth-order valence-corrected chi connectivity index (χ4v) is 3.18. The molecule has 0 fully saturated rings. The Balaban J connectivity index is 2.01. The van der Waals surface area contributed by atoms with Crippen molar-refractivity contribution in [2.45, 2.75) is 11.5 Å². The number of hydrogen-bond donors (Lipinski definition) is 0. The largest absolute Gasteiger partial charge is 0.460 e. The number of halogens is 1. The van der Waals surface area contributed by atoms with Crippen LogP contribution in [0.2, 0.25) is 0 Å². The predicted octanol–water partition coefficient (Wildman–Crippen LogP) is 2.10. The molecule has 10 heteroatoms. The topological polar surface area (TPSA) is 107 Å². The summed E-state index contributed by atoms with van der Waals surface area (Å²) in [4.78, 5) is 22.0. The summed E-state index contributed by atoms with van der Waals surface area (Å²) in [5.41, 5.74) is -0.0116. The third-order valence-electron chi connectivity index (χ3n) is 3.45. The van der Waals surface area contributed by atoms with Crippen LogP contribution in [0.15, 0.2) is 53.4 Å². The van der Waals surface area contributed by atoms with Gasteiger partial charge in [-0.1, -0.05) is 12.1 Å². The molecule has 0 unspecified atom stereocenters. The number of likely N-dealkylation sites (N-methyl/N-ethyl adjacent to an activating group) is 1. The fraction of sp³-hybridized carbons (Fsp3) is 0.188. The van der Waals surface area contributed by atoms with Gasteiger partial charge in [0.1, 0.15) is 19.0 Å². The molecule has 0 heterocycles. The van der Waals surface area contributed by atoms with Gasteiger partial charge in [0, 0.05) is 13.1 Å². The summed E-state index contributed by atoms with van der Waals surface area (Å²) < 4.78 is 43.2. The van der Waals surface area contributed by atoms with Gasteiger partial charge < -0.3 is 4.74 Å². The minimum atomic E-state index is -4.00. The molecular formula is C16H15FN2O6S. The van der Waals surface area contributed by atoms with E-state index < -0.39 is 33.3 Å². The number of carbonyl (C=O) groups excluding carboxylic acids is 1. The fourth-order valence-electron chi connectivity index (χ4n) is 2.07. The zero-order valence-electron chi connectivity index (χ0n) is 13.7. The van der Waals surface area contributed by atoms with E-state index in [-0.39, 0.29) is 22.8 Å². The maximum Gasteiger partial charge on any atom is 0.321 e. The van der Waals surface area contributed by atoms with Crippen LogP contribution in [0.3, 0.4) is 0 Å². The third-order valence-corrected chi connectivity index (χ3v) is 5.27. The van der Waals surface area contributed by atoms with Gasteiger partial charge in [0.15, 0.2) is 0 Å². The summed E-state index contributed by atoms with van der Waals surface area (Å²) >= 11 is 0. The quantitative estimate of drug-likeness (QED) is 0.412. The van der Waals surface area contributed by atoms with E-state index >= 15 is 0 Å². The second-order valence-electron chi connectivity index (χ2n) is 5.26. The highest BCUT2D eigenvalue weighted by molar-refractivity contribution is 7.89. The number of carbonyl (C=O) groups is 1. The predicted molar refractivity (Wildman–Crippen MR) is 89.1 cm³/mol. The van der Waals surface area contributed by atoms with Crippen molar-refractivity contribution >= 4 is 21.7 Å². The highest BCUT2D eigenvalue weighted by Crippen LogP contribution is 2.19. The number of ether oxygens (including phenoxy) is 1. The summed E-state index contributed by atoms with van der Waals surface area (Å²) in [7, 11) is -2.83. The maximum atomic E-state index is 12.9. The molecule has 0 aliphatic heterocycles. The van der Waals surface area contributed by atoms with E-state index in [1.54, 1.807) is 6.07 Å². The van der Waals surface area contributed by atoms with E-state index in [9.17, 15) is 27.7 Å². The Morgan fingerprint density at radius 1 is 1.19 bits per heavy atom. The Hall–Kier alpha value is -2.85. The van der Waals surface area contributed by atoms with Crippen LogP contribution in [0.25, 0.3) is 0 Å². The van der Waals surface area contributed by atoms with Crippen molar-refractivity contribution in [2.24, 2.45) is 0 Å². The molecule has 0 N–H and O–H groups in total. The highest BCUT2D eigenvalue weighted by Gasteiger charge is 2.24. The maximum absolute atomic E-state index is 12.9. The van der Waals surface area contributed by atoms with Gasteiger partial charge in [-0.3, -0.25) is 14.9 Å². The molecule has 0 aromatic heterocycles. The van der Waals surface area contributed by atoms with Crippen LogP contribution >= 0.6 is 0 Å². The average molecular weight is 382 g/mol. The van der Waals surface area contributed by atoms with Crippen molar-refractivity contribution in [1.29, 1.82) is 0 Å². The number of esters is 1. The lowest BCUT2D eigenvalue weighted by Crippen LogP contribution is -2.33. The minimum absolute atomic E-state index is 0.173. The van der Waals surface area contributed by atoms with Gasteiger partial charge in [-0.2, -0.15) is 4.31 Å². The van der Waals surface area contributed by atoms with E-state index in [4.69, 9.17) is 4.74 Å². The smallest absolute Gasteiger partial charge is 0.321 e. The SMILES string of the molecule is CN(CC(=O)OCc1ccccc1[N+](=O)[O-])S(=O)(=O)c1ccc(F)cc1. The molecule has 2 aromatic rings. The van der Waals surface area contributed by atoms with Gasteiger partial charge in [0.25, 0.3) is 5.69 Å². The van der Waals surface area contributed by atoms with Crippen molar-refractivity contribution in [2.75, 3.05) is 13.6 Å². The summed E-state index contributed by atoms with van der Waals surface area (Å²) in [5.74, 6) is -1.47. The van der Waals surface area contributed by atoms with E-state index in [0.29, 0.717) is 0 Å². The first kappa shape index (κ1) is 19.5. The van der Waals surface area contributed by atoms with Gasteiger partial charge in [-0.25, -0.2) is 12.8 Å². The molecule has 0 aliphatic carbocycles. The van der Waals surface area contributed by atoms with E-state index in [1.165, 1.54) is 25.2 Å². The van der Waals surface area contributed by atoms with Crippen LogP contribution < -0.4 is 0 Å². The molecule has 2 aromatic carbocycles. The second-order valence-corrected chi connectivity index (χ2v) is 7.31. The molecule has 0 saturated carbocycles. The molecule has 0 saturated heterocycles. The second kappa shape index (κ2) is 8.02. The monoisotopic (exact) mass is 382 g/mol. The Labute approximate surface area is 149 Å². The first-order valence-electron chi connectivity index (χ1n) is 7.31. The Bertz CT molecular complexity index is 915. The molecule has 0 radical (unpaired) electrons. The van der Waals surface area contributed by atoms with Crippen LogP contribution in [0.5, 0.6) is 0 Å². The summed E-state index contributed by atoms with van der Waals surface area (Å²) in [5, 5.41) is 10.9. The van der Waals surface area contributed by atoms with Crippen LogP contribution in [-0.2, 0) is 26.2 Å². The lowest BCUT2D eigenvalue weighted by atomic mass is 10.2. The van der Waals surface area contributed by atoms with E-state index in [0.717, 1.165) is 28.6 Å². The van der Waals surface area contributed by atoms with Gasteiger partial charge in [-0.15, -0.1) is 0 Å². The lowest BCUT2D eigenvalue weighted by molar-refractivity contribution is -0.385. The first-order valence-corrected chi connectivity index (χ1v) is 8.75. The minimum Gasteiger partial charge on any atom is -0.460 e. The molecule has 0 amide bonds. The molecule has 138 valence electrons. The van der Waals surface area contributed by atoms with Crippen molar-refractivity contribution in [3.8, 4) is 0 Å². The number of benzene rings is 2. The zero-order valence-corrected chi connectivity index (χ0v) is 14.5. The molecule has 0 spiro atoms. The van der Waals surface area contributed by atoms with Crippen molar-refractivity contribution in [3.63, 3.8) is 0 Å². The van der Waals surface area contributed by atoms with Crippen LogP contribution in [0.4, 0.5) is 10.1 Å². The zero-order chi connectivity index (χ0) is 19.3. The van der Waals surface area contributed by atoms with Gasteiger partial charge in [0.05, 0.1) is 15.4 Å². The number of hydrogen-bond acceptors (Lipinski definition) is 6. The van der Waals surface area contributed by atoms with Crippen LogP contribution in [-0.4, -0.2) is 37.2 Å². The van der Waals surface area contributed by atoms with Crippen LogP contribution in [0.1, 0.15) is 5.56 Å². The molecule has 8 nitrogen and oxygen atoms in total. The number of para-hydroxylation sites is 1. The molecule has 0 atom stereocenters. The number of sulfonamides is 1. The first-order chi connectivity index (χ1) is 12.2. The van der Waals surface area contributed by atoms with Crippen molar-refractivity contribution in [1.82, 2.24) is 4.31 Å². The standard InChI is InChI=1S/C16H15FN2O6S/c1-18(26(23,24)14-8-6-13(17)7-9-14)10-16(20)25-11-12-4-2-3-5-15(12)19(21)22/h2-9H,10-11H2,1H3. The van der Waals surface area contributed by atoms with Crippen molar-refractivity contribution in [3.05, 3.63) is 70.0 Å². The Morgan fingerprint density at radius 3 is 2.42 bits per heavy atom. The number of nitro groups is 1. The van der Waals surface area contributed by atoms with Crippen molar-refractivity contribution < 1.29 is 27.3 Å². The number of nitrogens with zero attached hydrogens (tertiary/aromatic N) is 2. The molecule has 0 aliphatic rings. The summed E-state index contributed by atoms with van der Waals surface area (Å²) in [6.45, 7) is -0.958. The highest BCUT2D eigenvalue weighted by atomic mass is 32.2. The number of rotatable bonds is 7. The molecule has 2 rings (SSSR count).